The van der Waals surface area contributed by atoms with Crippen LogP contribution in [0.4, 0.5) is 10.5 Å². The minimum Gasteiger partial charge on any atom is -0.337 e. The number of amides is 3. The van der Waals surface area contributed by atoms with E-state index in [1.807, 2.05) is 65.6 Å². The van der Waals surface area contributed by atoms with Crippen LogP contribution in [0.2, 0.25) is 0 Å². The molecular formula is C20H24N4O2. The normalized spacial score (nSPS) is 14.7. The van der Waals surface area contributed by atoms with Gasteiger partial charge >= 0.3 is 6.03 Å². The lowest BCUT2D eigenvalue weighted by molar-refractivity contribution is 0.0639. The Kier molecular flexibility index (Phi) is 6.22. The van der Waals surface area contributed by atoms with Crippen LogP contribution in [0.3, 0.4) is 0 Å². The van der Waals surface area contributed by atoms with Crippen LogP contribution in [0, 0.1) is 0 Å². The van der Waals surface area contributed by atoms with Crippen LogP contribution < -0.4 is 10.6 Å². The van der Waals surface area contributed by atoms with Crippen molar-refractivity contribution in [3.05, 3.63) is 66.2 Å². The van der Waals surface area contributed by atoms with Crippen molar-refractivity contribution in [2.24, 2.45) is 0 Å². The van der Waals surface area contributed by atoms with E-state index >= 15 is 0 Å². The molecule has 2 aromatic carbocycles. The molecule has 1 fully saturated rings. The van der Waals surface area contributed by atoms with E-state index in [0.717, 1.165) is 30.9 Å². The molecule has 1 aliphatic rings. The number of piperazine rings is 1. The highest BCUT2D eigenvalue weighted by molar-refractivity contribution is 5.94. The third kappa shape index (κ3) is 5.07. The van der Waals surface area contributed by atoms with Crippen molar-refractivity contribution in [1.82, 2.24) is 15.1 Å². The fourth-order valence-electron chi connectivity index (χ4n) is 2.96. The Morgan fingerprint density at radius 3 is 2.12 bits per heavy atom. The van der Waals surface area contributed by atoms with Crippen molar-refractivity contribution in [3.63, 3.8) is 0 Å². The topological polar surface area (TPSA) is 64.7 Å². The Morgan fingerprint density at radius 1 is 0.846 bits per heavy atom. The van der Waals surface area contributed by atoms with E-state index in [1.54, 1.807) is 0 Å². The van der Waals surface area contributed by atoms with Crippen LogP contribution >= 0.6 is 0 Å². The molecular weight excluding hydrogens is 328 g/mol. The number of anilines is 1. The number of carbonyl (C=O) groups excluding carboxylic acids is 2. The molecule has 3 rings (SSSR count). The second-order valence-electron chi connectivity index (χ2n) is 6.25. The molecule has 0 atom stereocenters. The highest BCUT2D eigenvalue weighted by Crippen LogP contribution is 2.08. The number of rotatable bonds is 5. The number of para-hydroxylation sites is 1. The minimum atomic E-state index is -0.200. The van der Waals surface area contributed by atoms with Crippen molar-refractivity contribution in [2.45, 2.75) is 0 Å². The first-order valence-corrected chi connectivity index (χ1v) is 8.89. The fourth-order valence-corrected chi connectivity index (χ4v) is 2.96. The van der Waals surface area contributed by atoms with Crippen molar-refractivity contribution >= 4 is 17.6 Å². The molecule has 0 saturated carbocycles. The third-order valence-corrected chi connectivity index (χ3v) is 4.43. The molecule has 3 amide bonds. The van der Waals surface area contributed by atoms with Gasteiger partial charge in [-0.2, -0.15) is 0 Å². The zero-order chi connectivity index (χ0) is 18.2. The van der Waals surface area contributed by atoms with Crippen LogP contribution in [-0.2, 0) is 0 Å². The highest BCUT2D eigenvalue weighted by Gasteiger charge is 2.21. The molecule has 136 valence electrons. The summed E-state index contributed by atoms with van der Waals surface area (Å²) < 4.78 is 0. The van der Waals surface area contributed by atoms with Gasteiger partial charge in [-0.05, 0) is 24.3 Å². The Balaban J connectivity index is 1.35. The van der Waals surface area contributed by atoms with Crippen LogP contribution in [0.5, 0.6) is 0 Å². The van der Waals surface area contributed by atoms with Crippen LogP contribution in [0.25, 0.3) is 0 Å². The van der Waals surface area contributed by atoms with Crippen molar-refractivity contribution in [3.8, 4) is 0 Å². The summed E-state index contributed by atoms with van der Waals surface area (Å²) >= 11 is 0. The average molecular weight is 352 g/mol. The lowest BCUT2D eigenvalue weighted by Crippen LogP contribution is -2.50. The standard InChI is InChI=1S/C20H24N4O2/c25-19(17-7-3-1-4-8-17)24-15-13-23(14-16-24)12-11-21-20(26)22-18-9-5-2-6-10-18/h1-10H,11-16H2,(H2,21,22,26). The molecule has 0 bridgehead atoms. The van der Waals surface area contributed by atoms with Gasteiger partial charge in [0.05, 0.1) is 0 Å². The Labute approximate surface area is 153 Å². The van der Waals surface area contributed by atoms with E-state index in [1.165, 1.54) is 0 Å². The quantitative estimate of drug-likeness (QED) is 0.868. The lowest BCUT2D eigenvalue weighted by atomic mass is 10.2. The maximum absolute atomic E-state index is 12.4. The fraction of sp³-hybridized carbons (Fsp3) is 0.300. The van der Waals surface area contributed by atoms with Gasteiger partial charge in [0.25, 0.3) is 5.91 Å². The summed E-state index contributed by atoms with van der Waals surface area (Å²) in [5, 5.41) is 5.66. The van der Waals surface area contributed by atoms with Gasteiger partial charge < -0.3 is 15.5 Å². The number of benzene rings is 2. The maximum atomic E-state index is 12.4. The Morgan fingerprint density at radius 2 is 1.46 bits per heavy atom. The molecule has 26 heavy (non-hydrogen) atoms. The first-order chi connectivity index (χ1) is 12.7. The number of nitrogens with zero attached hydrogens (tertiary/aromatic N) is 2. The molecule has 6 nitrogen and oxygen atoms in total. The van der Waals surface area contributed by atoms with Crippen molar-refractivity contribution < 1.29 is 9.59 Å². The van der Waals surface area contributed by atoms with Crippen LogP contribution in [0.1, 0.15) is 10.4 Å². The number of hydrogen-bond donors (Lipinski definition) is 2. The second kappa shape index (κ2) is 9.01. The first-order valence-electron chi connectivity index (χ1n) is 8.89. The molecule has 6 heteroatoms. The molecule has 1 aliphatic heterocycles. The number of carbonyl (C=O) groups is 2. The molecule has 1 heterocycles. The third-order valence-electron chi connectivity index (χ3n) is 4.43. The van der Waals surface area contributed by atoms with Gasteiger partial charge in [0.2, 0.25) is 0 Å². The summed E-state index contributed by atoms with van der Waals surface area (Å²) in [7, 11) is 0. The molecule has 0 spiro atoms. The zero-order valence-electron chi connectivity index (χ0n) is 14.7. The maximum Gasteiger partial charge on any atom is 0.319 e. The van der Waals surface area contributed by atoms with Gasteiger partial charge in [0.1, 0.15) is 0 Å². The van der Waals surface area contributed by atoms with E-state index < -0.39 is 0 Å². The summed E-state index contributed by atoms with van der Waals surface area (Å²) in [6.07, 6.45) is 0. The van der Waals surface area contributed by atoms with E-state index in [2.05, 4.69) is 15.5 Å². The van der Waals surface area contributed by atoms with Crippen LogP contribution in [-0.4, -0.2) is 61.0 Å². The van der Waals surface area contributed by atoms with E-state index in [-0.39, 0.29) is 11.9 Å². The molecule has 0 unspecified atom stereocenters. The average Bonchev–Trinajstić information content (AvgIpc) is 2.69. The van der Waals surface area contributed by atoms with E-state index in [9.17, 15) is 9.59 Å². The second-order valence-corrected chi connectivity index (χ2v) is 6.25. The van der Waals surface area contributed by atoms with Crippen molar-refractivity contribution in [1.29, 1.82) is 0 Å². The van der Waals surface area contributed by atoms with Crippen molar-refractivity contribution in [2.75, 3.05) is 44.6 Å². The number of hydrogen-bond acceptors (Lipinski definition) is 3. The summed E-state index contributed by atoms with van der Waals surface area (Å²) in [5.41, 5.74) is 1.51. The van der Waals surface area contributed by atoms with Crippen LogP contribution in [0.15, 0.2) is 60.7 Å². The molecule has 2 aromatic rings. The highest BCUT2D eigenvalue weighted by atomic mass is 16.2. The van der Waals surface area contributed by atoms with Gasteiger partial charge in [-0.3, -0.25) is 9.69 Å². The summed E-state index contributed by atoms with van der Waals surface area (Å²) in [5.74, 6) is 0.0885. The summed E-state index contributed by atoms with van der Waals surface area (Å²) in [6.45, 7) is 4.41. The van der Waals surface area contributed by atoms with Gasteiger partial charge in [0, 0.05) is 50.5 Å². The van der Waals surface area contributed by atoms with Gasteiger partial charge in [-0.25, -0.2) is 4.79 Å². The zero-order valence-corrected chi connectivity index (χ0v) is 14.7. The Bertz CT molecular complexity index is 713. The van der Waals surface area contributed by atoms with Gasteiger partial charge in [-0.15, -0.1) is 0 Å². The monoisotopic (exact) mass is 352 g/mol. The first kappa shape index (κ1) is 17.9. The van der Waals surface area contributed by atoms with E-state index in [0.29, 0.717) is 19.6 Å². The lowest BCUT2D eigenvalue weighted by Gasteiger charge is -2.34. The molecule has 0 aromatic heterocycles. The van der Waals surface area contributed by atoms with Gasteiger partial charge in [0.15, 0.2) is 0 Å². The van der Waals surface area contributed by atoms with Gasteiger partial charge in [-0.1, -0.05) is 36.4 Å². The molecule has 2 N–H and O–H groups in total. The SMILES string of the molecule is O=C(NCCN1CCN(C(=O)c2ccccc2)CC1)Nc1ccccc1. The number of urea groups is 1. The van der Waals surface area contributed by atoms with E-state index in [4.69, 9.17) is 0 Å². The summed E-state index contributed by atoms with van der Waals surface area (Å²) in [6, 6.07) is 18.6. The summed E-state index contributed by atoms with van der Waals surface area (Å²) in [4.78, 5) is 28.4. The molecule has 1 saturated heterocycles. The predicted molar refractivity (Wildman–Crippen MR) is 102 cm³/mol. The predicted octanol–water partition coefficient (Wildman–Crippen LogP) is 2.27. The largest absolute Gasteiger partial charge is 0.337 e. The Hall–Kier alpha value is -2.86. The minimum absolute atomic E-state index is 0.0885. The molecule has 0 radical (unpaired) electrons. The number of nitrogens with one attached hydrogen (secondary N) is 2. The smallest absolute Gasteiger partial charge is 0.319 e. The molecule has 0 aliphatic carbocycles.